The molecule has 1 atom stereocenters. The van der Waals surface area contributed by atoms with Crippen molar-refractivity contribution in [2.75, 3.05) is 31.1 Å². The highest BCUT2D eigenvalue weighted by Crippen LogP contribution is 2.33. The van der Waals surface area contributed by atoms with Crippen LogP contribution in [0.25, 0.3) is 0 Å². The van der Waals surface area contributed by atoms with E-state index in [0.29, 0.717) is 31.1 Å². The average molecular weight is 582 g/mol. The number of benzene rings is 3. The first-order valence-electron chi connectivity index (χ1n) is 13.8. The Morgan fingerprint density at radius 2 is 1.63 bits per heavy atom. The number of rotatable bonds is 15. The maximum absolute atomic E-state index is 14.2. The van der Waals surface area contributed by atoms with Crippen molar-refractivity contribution >= 4 is 27.5 Å². The lowest BCUT2D eigenvalue weighted by molar-refractivity contribution is -0.140. The lowest BCUT2D eigenvalue weighted by Crippen LogP contribution is -2.52. The van der Waals surface area contributed by atoms with Crippen LogP contribution in [0.4, 0.5) is 5.69 Å². The van der Waals surface area contributed by atoms with Crippen molar-refractivity contribution in [2.24, 2.45) is 0 Å². The zero-order valence-corrected chi connectivity index (χ0v) is 24.9. The molecule has 0 aliphatic rings. The Morgan fingerprint density at radius 1 is 0.927 bits per heavy atom. The molecule has 0 aliphatic heterocycles. The molecule has 3 aromatic carbocycles. The third-order valence-corrected chi connectivity index (χ3v) is 8.24. The van der Waals surface area contributed by atoms with Crippen molar-refractivity contribution in [3.8, 4) is 11.5 Å². The topological polar surface area (TPSA) is 105 Å². The van der Waals surface area contributed by atoms with Crippen molar-refractivity contribution in [3.63, 3.8) is 0 Å². The number of nitrogens with one attached hydrogen (secondary N) is 1. The van der Waals surface area contributed by atoms with Gasteiger partial charge in [0, 0.05) is 13.1 Å². The molecular formula is C31H39N3O6S. The monoisotopic (exact) mass is 581 g/mol. The van der Waals surface area contributed by atoms with Crippen LogP contribution in [-0.4, -0.2) is 58.0 Å². The SMILES string of the molecule is CCCNC(=O)C(CC)N(Cc1cccc(OC)c1)C(=O)CN(c1ccccc1OCC)S(=O)(=O)c1ccccc1. The molecule has 0 saturated carbocycles. The van der Waals surface area contributed by atoms with Gasteiger partial charge >= 0.3 is 0 Å². The summed E-state index contributed by atoms with van der Waals surface area (Å²) in [6, 6.07) is 21.1. The minimum atomic E-state index is -4.19. The normalized spacial score (nSPS) is 11.8. The zero-order chi connectivity index (χ0) is 29.8. The molecular weight excluding hydrogens is 542 g/mol. The molecule has 0 saturated heterocycles. The number of carbonyl (C=O) groups is 2. The number of hydrogen-bond donors (Lipinski definition) is 1. The van der Waals surface area contributed by atoms with Crippen molar-refractivity contribution in [1.82, 2.24) is 10.2 Å². The van der Waals surface area contributed by atoms with Crippen LogP contribution in [0.15, 0.2) is 83.8 Å². The summed E-state index contributed by atoms with van der Waals surface area (Å²) >= 11 is 0. The fourth-order valence-electron chi connectivity index (χ4n) is 4.43. The fourth-order valence-corrected chi connectivity index (χ4v) is 5.87. The maximum Gasteiger partial charge on any atom is 0.264 e. The largest absolute Gasteiger partial charge is 0.497 e. The summed E-state index contributed by atoms with van der Waals surface area (Å²) in [6.45, 7) is 5.89. The smallest absolute Gasteiger partial charge is 0.264 e. The van der Waals surface area contributed by atoms with Gasteiger partial charge in [0.05, 0.1) is 24.3 Å². The van der Waals surface area contributed by atoms with Crippen molar-refractivity contribution in [3.05, 3.63) is 84.4 Å². The lowest BCUT2D eigenvalue weighted by atomic mass is 10.1. The number of para-hydroxylation sites is 2. The summed E-state index contributed by atoms with van der Waals surface area (Å²) in [5, 5.41) is 2.88. The maximum atomic E-state index is 14.2. The summed E-state index contributed by atoms with van der Waals surface area (Å²) in [7, 11) is -2.64. The van der Waals surface area contributed by atoms with Gasteiger partial charge in [0.2, 0.25) is 11.8 Å². The number of amides is 2. The molecule has 3 aromatic rings. The van der Waals surface area contributed by atoms with E-state index in [2.05, 4.69) is 5.32 Å². The first kappa shape index (κ1) is 31.5. The molecule has 0 radical (unpaired) electrons. The molecule has 0 heterocycles. The minimum Gasteiger partial charge on any atom is -0.497 e. The van der Waals surface area contributed by atoms with Crippen LogP contribution < -0.4 is 19.1 Å². The number of nitrogens with zero attached hydrogens (tertiary/aromatic N) is 2. The molecule has 9 nitrogen and oxygen atoms in total. The molecule has 41 heavy (non-hydrogen) atoms. The first-order valence-corrected chi connectivity index (χ1v) is 15.2. The predicted octanol–water partition coefficient (Wildman–Crippen LogP) is 4.62. The molecule has 220 valence electrons. The van der Waals surface area contributed by atoms with E-state index in [1.165, 1.54) is 17.0 Å². The minimum absolute atomic E-state index is 0.0335. The Kier molecular flexibility index (Phi) is 11.6. The highest BCUT2D eigenvalue weighted by Gasteiger charge is 2.34. The van der Waals surface area contributed by atoms with Gasteiger partial charge in [0.25, 0.3) is 10.0 Å². The summed E-state index contributed by atoms with van der Waals surface area (Å²) in [6.07, 6.45) is 1.08. The highest BCUT2D eigenvalue weighted by molar-refractivity contribution is 7.92. The zero-order valence-electron chi connectivity index (χ0n) is 24.1. The summed E-state index contributed by atoms with van der Waals surface area (Å²) < 4.78 is 40.2. The van der Waals surface area contributed by atoms with Crippen LogP contribution in [-0.2, 0) is 26.2 Å². The van der Waals surface area contributed by atoms with E-state index in [1.807, 2.05) is 19.9 Å². The van der Waals surface area contributed by atoms with E-state index >= 15 is 0 Å². The van der Waals surface area contributed by atoms with E-state index in [4.69, 9.17) is 9.47 Å². The third-order valence-electron chi connectivity index (χ3n) is 6.47. The van der Waals surface area contributed by atoms with E-state index in [9.17, 15) is 18.0 Å². The second-order valence-corrected chi connectivity index (χ2v) is 11.2. The lowest BCUT2D eigenvalue weighted by Gasteiger charge is -2.33. The van der Waals surface area contributed by atoms with Crippen LogP contribution in [0.2, 0.25) is 0 Å². The van der Waals surface area contributed by atoms with Crippen LogP contribution in [0, 0.1) is 0 Å². The van der Waals surface area contributed by atoms with Crippen LogP contribution in [0.5, 0.6) is 11.5 Å². The molecule has 0 bridgehead atoms. The second-order valence-electron chi connectivity index (χ2n) is 9.31. The Bertz CT molecular complexity index is 1400. The van der Waals surface area contributed by atoms with Gasteiger partial charge in [-0.05, 0) is 61.7 Å². The molecule has 0 spiro atoms. The average Bonchev–Trinajstić information content (AvgIpc) is 2.99. The fraction of sp³-hybridized carbons (Fsp3) is 0.355. The quantitative estimate of drug-likeness (QED) is 0.281. The van der Waals surface area contributed by atoms with Crippen molar-refractivity contribution in [1.29, 1.82) is 0 Å². The van der Waals surface area contributed by atoms with Crippen LogP contribution in [0.3, 0.4) is 0 Å². The van der Waals surface area contributed by atoms with Crippen molar-refractivity contribution < 1.29 is 27.5 Å². The number of anilines is 1. The van der Waals surface area contributed by atoms with Crippen molar-refractivity contribution in [2.45, 2.75) is 51.1 Å². The van der Waals surface area contributed by atoms with Gasteiger partial charge in [-0.2, -0.15) is 0 Å². The number of carbonyl (C=O) groups excluding carboxylic acids is 2. The summed E-state index contributed by atoms with van der Waals surface area (Å²) in [4.78, 5) is 28.9. The Balaban J connectivity index is 2.09. The van der Waals surface area contributed by atoms with Gasteiger partial charge < -0.3 is 19.7 Å². The van der Waals surface area contributed by atoms with Gasteiger partial charge in [0.1, 0.15) is 24.1 Å². The number of sulfonamides is 1. The molecule has 0 fully saturated rings. The number of hydrogen-bond acceptors (Lipinski definition) is 6. The molecule has 2 amide bonds. The van der Waals surface area contributed by atoms with E-state index < -0.39 is 28.5 Å². The Labute approximate surface area is 243 Å². The Morgan fingerprint density at radius 3 is 2.29 bits per heavy atom. The predicted molar refractivity (Wildman–Crippen MR) is 160 cm³/mol. The molecule has 1 N–H and O–H groups in total. The Hall–Kier alpha value is -4.05. The number of methoxy groups -OCH3 is 1. The molecule has 10 heteroatoms. The van der Waals surface area contributed by atoms with E-state index in [0.717, 1.165) is 16.3 Å². The first-order chi connectivity index (χ1) is 19.8. The van der Waals surface area contributed by atoms with Gasteiger partial charge in [-0.3, -0.25) is 13.9 Å². The molecule has 0 aromatic heterocycles. The van der Waals surface area contributed by atoms with Crippen LogP contribution in [0.1, 0.15) is 39.2 Å². The number of ether oxygens (including phenoxy) is 2. The highest BCUT2D eigenvalue weighted by atomic mass is 32.2. The van der Waals surface area contributed by atoms with Gasteiger partial charge in [-0.25, -0.2) is 8.42 Å². The van der Waals surface area contributed by atoms with Gasteiger partial charge in [-0.15, -0.1) is 0 Å². The molecule has 3 rings (SSSR count). The molecule has 0 aliphatic carbocycles. The second kappa shape index (κ2) is 15.1. The van der Waals surface area contributed by atoms with Gasteiger partial charge in [-0.1, -0.05) is 56.3 Å². The van der Waals surface area contributed by atoms with Crippen LogP contribution >= 0.6 is 0 Å². The van der Waals surface area contributed by atoms with E-state index in [1.54, 1.807) is 74.7 Å². The standard InChI is InChI=1S/C31H39N3O6S/c1-5-20-32-31(36)27(6-2)33(22-24-14-13-15-25(21-24)39-4)30(35)23-34(28-18-11-12-19-29(28)40-7-3)41(37,38)26-16-9-8-10-17-26/h8-19,21,27H,5-7,20,22-23H2,1-4H3,(H,32,36). The van der Waals surface area contributed by atoms with E-state index in [-0.39, 0.29) is 23.0 Å². The van der Waals surface area contributed by atoms with Gasteiger partial charge in [0.15, 0.2) is 0 Å². The summed E-state index contributed by atoms with van der Waals surface area (Å²) in [5.41, 5.74) is 0.975. The molecule has 1 unspecified atom stereocenters. The third kappa shape index (κ3) is 8.00. The summed E-state index contributed by atoms with van der Waals surface area (Å²) in [5.74, 6) is 0.113.